The molecular formula is C20H18N4O5. The molecular weight excluding hydrogens is 376 g/mol. The number of ether oxygens (including phenoxy) is 1. The lowest BCUT2D eigenvalue weighted by molar-refractivity contribution is -0.384. The van der Waals surface area contributed by atoms with Crippen LogP contribution in [-0.4, -0.2) is 39.1 Å². The highest BCUT2D eigenvalue weighted by molar-refractivity contribution is 5.97. The number of aromatic nitrogens is 2. The van der Waals surface area contributed by atoms with Gasteiger partial charge in [-0.3, -0.25) is 14.9 Å². The SMILES string of the molecule is COc1ccccc1C(=O)N(Cc1nnc(-c2cccc([N+](=O)[O-])c2)o1)C1CC1. The number of carbonyl (C=O) groups is 1. The van der Waals surface area contributed by atoms with Crippen LogP contribution in [0.2, 0.25) is 0 Å². The molecule has 148 valence electrons. The number of carbonyl (C=O) groups excluding carboxylic acids is 1. The van der Waals surface area contributed by atoms with Crippen molar-refractivity contribution in [2.75, 3.05) is 7.11 Å². The zero-order valence-corrected chi connectivity index (χ0v) is 15.6. The predicted octanol–water partition coefficient (Wildman–Crippen LogP) is 3.46. The van der Waals surface area contributed by atoms with Crippen molar-refractivity contribution in [3.8, 4) is 17.2 Å². The van der Waals surface area contributed by atoms with Crippen LogP contribution in [0.4, 0.5) is 5.69 Å². The van der Waals surface area contributed by atoms with Gasteiger partial charge in [0.15, 0.2) is 0 Å². The Bertz CT molecular complexity index is 1060. The molecule has 0 spiro atoms. The number of rotatable bonds is 7. The second-order valence-electron chi connectivity index (χ2n) is 6.67. The normalized spacial score (nSPS) is 13.1. The van der Waals surface area contributed by atoms with Crippen molar-refractivity contribution in [2.24, 2.45) is 0 Å². The molecule has 1 heterocycles. The lowest BCUT2D eigenvalue weighted by Gasteiger charge is -2.21. The summed E-state index contributed by atoms with van der Waals surface area (Å²) >= 11 is 0. The van der Waals surface area contributed by atoms with Gasteiger partial charge in [0.1, 0.15) is 5.75 Å². The van der Waals surface area contributed by atoms with E-state index in [1.807, 2.05) is 0 Å². The first-order chi connectivity index (χ1) is 14.1. The highest BCUT2D eigenvalue weighted by Gasteiger charge is 2.35. The molecule has 9 nitrogen and oxygen atoms in total. The van der Waals surface area contributed by atoms with Gasteiger partial charge in [0.05, 0.1) is 24.1 Å². The fourth-order valence-corrected chi connectivity index (χ4v) is 3.06. The summed E-state index contributed by atoms with van der Waals surface area (Å²) in [6.07, 6.45) is 1.82. The van der Waals surface area contributed by atoms with Crippen LogP contribution in [-0.2, 0) is 6.54 Å². The number of methoxy groups -OCH3 is 1. The van der Waals surface area contributed by atoms with E-state index in [0.717, 1.165) is 12.8 Å². The molecule has 1 aliphatic carbocycles. The average Bonchev–Trinajstić information content (AvgIpc) is 3.49. The Morgan fingerprint density at radius 2 is 2.03 bits per heavy atom. The Hall–Kier alpha value is -3.75. The fourth-order valence-electron chi connectivity index (χ4n) is 3.06. The minimum atomic E-state index is -0.485. The van der Waals surface area contributed by atoms with Gasteiger partial charge < -0.3 is 14.1 Å². The smallest absolute Gasteiger partial charge is 0.270 e. The summed E-state index contributed by atoms with van der Waals surface area (Å²) in [6.45, 7) is 0.156. The third kappa shape index (κ3) is 3.93. The van der Waals surface area contributed by atoms with Crippen LogP contribution in [0, 0.1) is 10.1 Å². The molecule has 0 radical (unpaired) electrons. The fraction of sp³-hybridized carbons (Fsp3) is 0.250. The molecule has 1 amide bonds. The van der Waals surface area contributed by atoms with Crippen molar-refractivity contribution in [3.05, 3.63) is 70.1 Å². The van der Waals surface area contributed by atoms with Crippen LogP contribution in [0.5, 0.6) is 5.75 Å². The van der Waals surface area contributed by atoms with Crippen LogP contribution >= 0.6 is 0 Å². The monoisotopic (exact) mass is 394 g/mol. The van der Waals surface area contributed by atoms with Crippen LogP contribution in [0.1, 0.15) is 29.1 Å². The minimum absolute atomic E-state index is 0.0618. The second-order valence-corrected chi connectivity index (χ2v) is 6.67. The van der Waals surface area contributed by atoms with E-state index in [4.69, 9.17) is 9.15 Å². The maximum Gasteiger partial charge on any atom is 0.270 e. The van der Waals surface area contributed by atoms with Gasteiger partial charge in [0.2, 0.25) is 11.8 Å². The highest BCUT2D eigenvalue weighted by atomic mass is 16.6. The molecule has 1 saturated carbocycles. The van der Waals surface area contributed by atoms with Crippen molar-refractivity contribution >= 4 is 11.6 Å². The first-order valence-corrected chi connectivity index (χ1v) is 9.08. The van der Waals surface area contributed by atoms with Crippen molar-refractivity contribution < 1.29 is 18.9 Å². The molecule has 0 bridgehead atoms. The molecule has 0 unspecified atom stereocenters. The van der Waals surface area contributed by atoms with Crippen LogP contribution in [0.3, 0.4) is 0 Å². The molecule has 9 heteroatoms. The number of nitro groups is 1. The summed E-state index contributed by atoms with van der Waals surface area (Å²) < 4.78 is 11.0. The minimum Gasteiger partial charge on any atom is -0.496 e. The Balaban J connectivity index is 1.57. The van der Waals surface area contributed by atoms with Crippen LogP contribution in [0.25, 0.3) is 11.5 Å². The third-order valence-corrected chi connectivity index (χ3v) is 4.66. The second kappa shape index (κ2) is 7.70. The van der Waals surface area contributed by atoms with Gasteiger partial charge in [-0.1, -0.05) is 18.2 Å². The molecule has 1 fully saturated rings. The molecule has 3 aromatic rings. The Morgan fingerprint density at radius 3 is 2.76 bits per heavy atom. The number of hydrogen-bond donors (Lipinski definition) is 0. The average molecular weight is 394 g/mol. The number of amides is 1. The molecule has 1 aliphatic rings. The number of nitro benzene ring substituents is 1. The summed E-state index contributed by atoms with van der Waals surface area (Å²) in [7, 11) is 1.52. The summed E-state index contributed by atoms with van der Waals surface area (Å²) in [5.41, 5.74) is 0.862. The van der Waals surface area contributed by atoms with E-state index in [9.17, 15) is 14.9 Å². The zero-order chi connectivity index (χ0) is 20.4. The number of non-ortho nitro benzene ring substituents is 1. The molecule has 0 atom stereocenters. The molecule has 0 aliphatic heterocycles. The summed E-state index contributed by atoms with van der Waals surface area (Å²) in [4.78, 5) is 25.3. The van der Waals surface area contributed by atoms with E-state index < -0.39 is 4.92 Å². The number of benzene rings is 2. The van der Waals surface area contributed by atoms with E-state index in [0.29, 0.717) is 16.9 Å². The van der Waals surface area contributed by atoms with Gasteiger partial charge in [-0.05, 0) is 31.0 Å². The van der Waals surface area contributed by atoms with Crippen molar-refractivity contribution in [1.82, 2.24) is 15.1 Å². The molecule has 4 rings (SSSR count). The van der Waals surface area contributed by atoms with Gasteiger partial charge in [-0.2, -0.15) is 0 Å². The van der Waals surface area contributed by atoms with Crippen molar-refractivity contribution in [2.45, 2.75) is 25.4 Å². The van der Waals surface area contributed by atoms with Gasteiger partial charge in [0, 0.05) is 23.7 Å². The lowest BCUT2D eigenvalue weighted by Crippen LogP contribution is -2.33. The topological polar surface area (TPSA) is 112 Å². The van der Waals surface area contributed by atoms with Gasteiger partial charge in [-0.15, -0.1) is 10.2 Å². The number of para-hydroxylation sites is 1. The zero-order valence-electron chi connectivity index (χ0n) is 15.6. The highest BCUT2D eigenvalue weighted by Crippen LogP contribution is 2.32. The standard InChI is InChI=1S/C20H18N4O5/c1-28-17-8-3-2-7-16(17)20(25)23(14-9-10-14)12-18-21-22-19(29-18)13-5-4-6-15(11-13)24(26)27/h2-8,11,14H,9-10,12H2,1H3. The Labute approximate surface area is 166 Å². The van der Waals surface area contributed by atoms with E-state index in [-0.39, 0.29) is 36.0 Å². The number of hydrogen-bond acceptors (Lipinski definition) is 7. The quantitative estimate of drug-likeness (QED) is 0.445. The molecule has 0 saturated heterocycles. The van der Waals surface area contributed by atoms with Crippen LogP contribution in [0.15, 0.2) is 52.9 Å². The Morgan fingerprint density at radius 1 is 1.24 bits per heavy atom. The largest absolute Gasteiger partial charge is 0.496 e. The van der Waals surface area contributed by atoms with Crippen LogP contribution < -0.4 is 4.74 Å². The molecule has 0 N–H and O–H groups in total. The number of nitrogens with zero attached hydrogens (tertiary/aromatic N) is 4. The maximum atomic E-state index is 13.1. The van der Waals surface area contributed by atoms with Gasteiger partial charge in [0.25, 0.3) is 11.6 Å². The summed E-state index contributed by atoms with van der Waals surface area (Å²) in [5.74, 6) is 0.775. The van der Waals surface area contributed by atoms with E-state index in [1.165, 1.54) is 19.2 Å². The summed E-state index contributed by atoms with van der Waals surface area (Å²) in [6, 6.07) is 13.1. The van der Waals surface area contributed by atoms with E-state index in [1.54, 1.807) is 41.3 Å². The Kier molecular flexibility index (Phi) is 4.94. The summed E-state index contributed by atoms with van der Waals surface area (Å²) in [5, 5.41) is 19.0. The predicted molar refractivity (Wildman–Crippen MR) is 102 cm³/mol. The van der Waals surface area contributed by atoms with Crippen molar-refractivity contribution in [1.29, 1.82) is 0 Å². The maximum absolute atomic E-state index is 13.1. The molecule has 29 heavy (non-hydrogen) atoms. The van der Waals surface area contributed by atoms with E-state index in [2.05, 4.69) is 10.2 Å². The molecule has 1 aromatic heterocycles. The lowest BCUT2D eigenvalue weighted by atomic mass is 10.1. The van der Waals surface area contributed by atoms with Gasteiger partial charge >= 0.3 is 0 Å². The van der Waals surface area contributed by atoms with E-state index >= 15 is 0 Å². The van der Waals surface area contributed by atoms with Gasteiger partial charge in [-0.25, -0.2) is 0 Å². The third-order valence-electron chi connectivity index (χ3n) is 4.66. The van der Waals surface area contributed by atoms with Crippen molar-refractivity contribution in [3.63, 3.8) is 0 Å². The first kappa shape index (κ1) is 18.6. The first-order valence-electron chi connectivity index (χ1n) is 9.08. The molecule has 2 aromatic carbocycles.